The number of hydrogen-bond donors (Lipinski definition) is 0. The van der Waals surface area contributed by atoms with Crippen LogP contribution in [0.3, 0.4) is 0 Å². The molecule has 0 aromatic heterocycles. The Morgan fingerprint density at radius 1 is 0.810 bits per heavy atom. The quantitative estimate of drug-likeness (QED) is 0.500. The molecule has 0 aliphatic heterocycles. The Kier molecular flexibility index (Phi) is 7.15. The van der Waals surface area contributed by atoms with Gasteiger partial charge in [-0.2, -0.15) is 40.1 Å². The Bertz CT molecular complexity index is 302. The van der Waals surface area contributed by atoms with E-state index in [1.807, 2.05) is 0 Å². The van der Waals surface area contributed by atoms with Gasteiger partial charge in [-0.1, -0.05) is 0 Å². The highest BCUT2D eigenvalue weighted by Crippen LogP contribution is 2.38. The number of alkyl halides is 9. The molecular formula is C8H8F10O3. The minimum absolute atomic E-state index is 1.19. The molecule has 0 aromatic rings. The summed E-state index contributed by atoms with van der Waals surface area (Å²) in [5.41, 5.74) is 0. The van der Waals surface area contributed by atoms with Crippen molar-refractivity contribution in [3.8, 4) is 0 Å². The van der Waals surface area contributed by atoms with Gasteiger partial charge in [-0.3, -0.25) is 0 Å². The van der Waals surface area contributed by atoms with Gasteiger partial charge >= 0.3 is 18.5 Å². The minimum atomic E-state index is -5.85. The lowest BCUT2D eigenvalue weighted by molar-refractivity contribution is -0.397. The maximum Gasteiger partial charge on any atom is 0.423 e. The highest BCUT2D eigenvalue weighted by Gasteiger charge is 2.61. The molecule has 0 aliphatic carbocycles. The molecule has 21 heavy (non-hydrogen) atoms. The third-order valence-electron chi connectivity index (χ3n) is 1.85. The molecule has 0 aromatic carbocycles. The van der Waals surface area contributed by atoms with E-state index in [0.717, 1.165) is 0 Å². The van der Waals surface area contributed by atoms with Crippen LogP contribution in [0.25, 0.3) is 0 Å². The number of hydrogen-bond acceptors (Lipinski definition) is 3. The molecule has 2 unspecified atom stereocenters. The maximum absolute atomic E-state index is 13.1. The van der Waals surface area contributed by atoms with Crippen molar-refractivity contribution in [3.63, 3.8) is 0 Å². The van der Waals surface area contributed by atoms with E-state index in [9.17, 15) is 44.0 Å². The van der Waals surface area contributed by atoms with Gasteiger partial charge in [0.15, 0.2) is 6.10 Å². The van der Waals surface area contributed by atoms with Crippen molar-refractivity contribution in [3.05, 3.63) is 0 Å². The average Bonchev–Trinajstić information content (AvgIpc) is 2.28. The molecule has 13 heteroatoms. The van der Waals surface area contributed by atoms with Crippen LogP contribution in [0.15, 0.2) is 0 Å². The van der Waals surface area contributed by atoms with E-state index in [-0.39, 0.29) is 0 Å². The van der Waals surface area contributed by atoms with Crippen molar-refractivity contribution in [2.45, 2.75) is 30.7 Å². The molecule has 0 heterocycles. The summed E-state index contributed by atoms with van der Waals surface area (Å²) in [7, 11) is 0. The second-order valence-electron chi connectivity index (χ2n) is 3.47. The third kappa shape index (κ3) is 6.65. The normalized spacial score (nSPS) is 16.9. The first-order valence-electron chi connectivity index (χ1n) is 4.96. The smallest absolute Gasteiger partial charge is 0.359 e. The zero-order chi connectivity index (χ0) is 16.9. The number of ether oxygens (including phenoxy) is 2. The van der Waals surface area contributed by atoms with Crippen LogP contribution in [0.4, 0.5) is 44.0 Å². The molecule has 0 saturated heterocycles. The van der Waals surface area contributed by atoms with Gasteiger partial charge in [-0.05, 0) is 4.53 Å². The monoisotopic (exact) mass is 342 g/mol. The molecule has 3 nitrogen and oxygen atoms in total. The molecule has 0 saturated carbocycles. The summed E-state index contributed by atoms with van der Waals surface area (Å²) in [6.07, 6.45) is -25.0. The van der Waals surface area contributed by atoms with Gasteiger partial charge in [0, 0.05) is 0 Å². The molecule has 0 amide bonds. The van der Waals surface area contributed by atoms with Crippen LogP contribution in [-0.4, -0.2) is 50.6 Å². The Morgan fingerprint density at radius 3 is 1.67 bits per heavy atom. The largest absolute Gasteiger partial charge is 0.423 e. The van der Waals surface area contributed by atoms with E-state index in [1.165, 1.54) is 0 Å². The highest BCUT2D eigenvalue weighted by molar-refractivity contribution is 4.80. The fourth-order valence-corrected chi connectivity index (χ4v) is 1.02. The lowest BCUT2D eigenvalue weighted by Gasteiger charge is -2.31. The zero-order valence-corrected chi connectivity index (χ0v) is 9.78. The molecule has 0 spiro atoms. The first-order valence-corrected chi connectivity index (χ1v) is 4.96. The van der Waals surface area contributed by atoms with Gasteiger partial charge in [0.1, 0.15) is 13.3 Å². The summed E-state index contributed by atoms with van der Waals surface area (Å²) in [5.74, 6) is 0. The van der Waals surface area contributed by atoms with Crippen molar-refractivity contribution in [2.75, 3.05) is 19.9 Å². The third-order valence-corrected chi connectivity index (χ3v) is 1.85. The van der Waals surface area contributed by atoms with Crippen LogP contribution < -0.4 is 0 Å². The molecule has 2 atom stereocenters. The summed E-state index contributed by atoms with van der Waals surface area (Å²) in [6, 6.07) is 0. The van der Waals surface area contributed by atoms with Gasteiger partial charge in [0.2, 0.25) is 6.10 Å². The lowest BCUT2D eigenvalue weighted by atomic mass is 10.3. The molecule has 0 bridgehead atoms. The summed E-state index contributed by atoms with van der Waals surface area (Å²) in [4.78, 5) is 2.76. The van der Waals surface area contributed by atoms with Crippen molar-refractivity contribution >= 4 is 0 Å². The summed E-state index contributed by atoms with van der Waals surface area (Å²) < 4.78 is 129. The Balaban J connectivity index is 5.08. The molecule has 0 fully saturated rings. The highest BCUT2D eigenvalue weighted by atomic mass is 19.4. The molecule has 128 valence electrons. The van der Waals surface area contributed by atoms with Crippen LogP contribution in [0.2, 0.25) is 0 Å². The first kappa shape index (κ1) is 20.2. The van der Waals surface area contributed by atoms with Crippen LogP contribution >= 0.6 is 0 Å². The van der Waals surface area contributed by atoms with Gasteiger partial charge in [-0.15, -0.1) is 0 Å². The SMILES string of the molecule is FCC(OC(F)(F)C(OCCOF)C(F)(F)F)C(F)(F)F. The second-order valence-corrected chi connectivity index (χ2v) is 3.47. The van der Waals surface area contributed by atoms with Gasteiger partial charge in [0.05, 0.1) is 6.61 Å². The molecular weight excluding hydrogens is 334 g/mol. The topological polar surface area (TPSA) is 27.7 Å². The van der Waals surface area contributed by atoms with Crippen molar-refractivity contribution in [1.29, 1.82) is 0 Å². The summed E-state index contributed by atoms with van der Waals surface area (Å²) >= 11 is 0. The van der Waals surface area contributed by atoms with E-state index < -0.39 is 50.6 Å². The fourth-order valence-electron chi connectivity index (χ4n) is 1.02. The Labute approximate surface area is 110 Å². The first-order chi connectivity index (χ1) is 9.36. The molecule has 0 rings (SSSR count). The minimum Gasteiger partial charge on any atom is -0.359 e. The van der Waals surface area contributed by atoms with Gasteiger partial charge in [-0.25, -0.2) is 4.39 Å². The maximum atomic E-state index is 13.1. The Morgan fingerprint density at radius 2 is 1.33 bits per heavy atom. The van der Waals surface area contributed by atoms with E-state index in [4.69, 9.17) is 0 Å². The van der Waals surface area contributed by atoms with E-state index >= 15 is 0 Å². The van der Waals surface area contributed by atoms with Gasteiger partial charge < -0.3 is 9.47 Å². The molecule has 0 N–H and O–H groups in total. The van der Waals surface area contributed by atoms with E-state index in [1.54, 1.807) is 0 Å². The summed E-state index contributed by atoms with van der Waals surface area (Å²) in [6.45, 7) is -5.07. The van der Waals surface area contributed by atoms with Crippen LogP contribution in [0, 0.1) is 0 Å². The van der Waals surface area contributed by atoms with Crippen LogP contribution in [0.1, 0.15) is 0 Å². The lowest BCUT2D eigenvalue weighted by Crippen LogP contribution is -2.52. The van der Waals surface area contributed by atoms with Gasteiger partial charge in [0.25, 0.3) is 0 Å². The predicted molar refractivity (Wildman–Crippen MR) is 44.7 cm³/mol. The average molecular weight is 342 g/mol. The molecule has 0 radical (unpaired) electrons. The number of rotatable bonds is 8. The molecule has 0 aliphatic rings. The van der Waals surface area contributed by atoms with Crippen molar-refractivity contribution < 1.29 is 58.5 Å². The van der Waals surface area contributed by atoms with Crippen molar-refractivity contribution in [2.24, 2.45) is 0 Å². The van der Waals surface area contributed by atoms with E-state index in [2.05, 4.69) is 14.4 Å². The second kappa shape index (κ2) is 7.45. The predicted octanol–water partition coefficient (Wildman–Crippen LogP) is 3.34. The van der Waals surface area contributed by atoms with Crippen LogP contribution in [0.5, 0.6) is 0 Å². The standard InChI is InChI=1S/C8H8F10O3/c9-3-4(6(10,11)12)21-8(16,17)5(7(13,14)15)19-1-2-20-18/h4-5H,1-3H2. The fraction of sp³-hybridized carbons (Fsp3) is 1.00. The number of halogens is 10. The van der Waals surface area contributed by atoms with E-state index in [0.29, 0.717) is 0 Å². The summed E-state index contributed by atoms with van der Waals surface area (Å²) in [5, 5.41) is 0. The Hall–Kier alpha value is -0.820. The van der Waals surface area contributed by atoms with Crippen LogP contribution in [-0.2, 0) is 14.4 Å². The van der Waals surface area contributed by atoms with Crippen molar-refractivity contribution in [1.82, 2.24) is 0 Å². The zero-order valence-electron chi connectivity index (χ0n) is 9.78.